The molecule has 4 rings (SSSR count). The van der Waals surface area contributed by atoms with Crippen LogP contribution in [0, 0.1) is 0 Å². The number of primary amides is 1. The number of hydrogen-bond acceptors (Lipinski definition) is 4. The van der Waals surface area contributed by atoms with Gasteiger partial charge in [-0.1, -0.05) is 35.9 Å². The van der Waals surface area contributed by atoms with Crippen molar-refractivity contribution in [2.24, 2.45) is 5.73 Å². The van der Waals surface area contributed by atoms with Crippen LogP contribution in [0.4, 0.5) is 0 Å². The molecule has 27 heavy (non-hydrogen) atoms. The number of amides is 1. The summed E-state index contributed by atoms with van der Waals surface area (Å²) >= 11 is 5.95. The van der Waals surface area contributed by atoms with Gasteiger partial charge in [-0.3, -0.25) is 4.79 Å². The highest BCUT2D eigenvalue weighted by Gasteiger charge is 2.18. The fourth-order valence-electron chi connectivity index (χ4n) is 3.12. The van der Waals surface area contributed by atoms with Gasteiger partial charge in [0.15, 0.2) is 0 Å². The third-order valence-corrected chi connectivity index (χ3v) is 4.79. The topological polar surface area (TPSA) is 82.2 Å². The predicted octanol–water partition coefficient (Wildman–Crippen LogP) is 2.95. The molecule has 3 aromatic rings. The monoisotopic (exact) mass is 382 g/mol. The van der Waals surface area contributed by atoms with E-state index in [9.17, 15) is 4.79 Å². The van der Waals surface area contributed by atoms with Gasteiger partial charge in [-0.25, -0.2) is 4.68 Å². The quantitative estimate of drug-likeness (QED) is 0.726. The molecule has 0 spiro atoms. The second kappa shape index (κ2) is 7.52. The molecule has 3 N–H and O–H groups in total. The van der Waals surface area contributed by atoms with Crippen LogP contribution < -0.4 is 11.1 Å². The molecule has 1 saturated heterocycles. The van der Waals surface area contributed by atoms with Crippen LogP contribution in [0.15, 0.2) is 54.6 Å². The summed E-state index contributed by atoms with van der Waals surface area (Å²) in [5.74, 6) is -0.536. The number of benzene rings is 2. The van der Waals surface area contributed by atoms with E-state index in [-0.39, 0.29) is 6.10 Å². The second-order valence-electron chi connectivity index (χ2n) is 6.35. The number of aromatic nitrogens is 2. The lowest BCUT2D eigenvalue weighted by molar-refractivity contribution is 0.0277. The Bertz CT molecular complexity index is 945. The van der Waals surface area contributed by atoms with E-state index >= 15 is 0 Å². The molecular formula is C20H19ClN4O2. The van der Waals surface area contributed by atoms with Crippen LogP contribution in [0.25, 0.3) is 16.9 Å². The molecule has 1 fully saturated rings. The third kappa shape index (κ3) is 3.73. The molecule has 0 bridgehead atoms. The summed E-state index contributed by atoms with van der Waals surface area (Å²) in [6.45, 7) is 2.35. The Morgan fingerprint density at radius 2 is 1.93 bits per heavy atom. The van der Waals surface area contributed by atoms with Gasteiger partial charge in [0.05, 0.1) is 24.1 Å². The van der Waals surface area contributed by atoms with Gasteiger partial charge in [-0.2, -0.15) is 5.10 Å². The minimum absolute atomic E-state index is 0.0330. The van der Waals surface area contributed by atoms with E-state index < -0.39 is 5.91 Å². The Hall–Kier alpha value is -2.67. The van der Waals surface area contributed by atoms with E-state index in [1.807, 2.05) is 36.4 Å². The van der Waals surface area contributed by atoms with E-state index in [1.165, 1.54) is 0 Å². The zero-order chi connectivity index (χ0) is 18.8. The maximum atomic E-state index is 11.9. The van der Waals surface area contributed by atoms with Crippen LogP contribution in [-0.4, -0.2) is 35.4 Å². The maximum Gasteiger partial charge on any atom is 0.267 e. The van der Waals surface area contributed by atoms with Gasteiger partial charge in [-0.05, 0) is 35.9 Å². The number of hydrogen-bond donors (Lipinski definition) is 2. The zero-order valence-corrected chi connectivity index (χ0v) is 15.3. The zero-order valence-electron chi connectivity index (χ0n) is 14.6. The average molecular weight is 383 g/mol. The summed E-state index contributed by atoms with van der Waals surface area (Å²) in [5, 5.41) is 8.53. The second-order valence-corrected chi connectivity index (χ2v) is 6.79. The van der Waals surface area contributed by atoms with Crippen LogP contribution in [0.3, 0.4) is 0 Å². The number of nitrogens with zero attached hydrogens (tertiary/aromatic N) is 2. The van der Waals surface area contributed by atoms with Crippen molar-refractivity contribution in [3.63, 3.8) is 0 Å². The standard InChI is InChI=1S/C20H19ClN4O2/c21-15-5-1-13(2-6-15)17-11-18(20(22)26)25(24-17)16-7-3-14(4-8-16)19-12-23-9-10-27-19/h1-8,11,19,23H,9-10,12H2,(H2,22,26)/t19-/m1/s1. The minimum Gasteiger partial charge on any atom is -0.371 e. The molecule has 1 atom stereocenters. The van der Waals surface area contributed by atoms with Crippen molar-refractivity contribution in [3.8, 4) is 16.9 Å². The number of rotatable bonds is 4. The highest BCUT2D eigenvalue weighted by atomic mass is 35.5. The summed E-state index contributed by atoms with van der Waals surface area (Å²) in [6.07, 6.45) is 0.0330. The fraction of sp³-hybridized carbons (Fsp3) is 0.200. The molecular weight excluding hydrogens is 364 g/mol. The van der Waals surface area contributed by atoms with E-state index in [0.717, 1.165) is 29.9 Å². The summed E-state index contributed by atoms with van der Waals surface area (Å²) < 4.78 is 7.34. The smallest absolute Gasteiger partial charge is 0.267 e. The van der Waals surface area contributed by atoms with Crippen molar-refractivity contribution in [2.45, 2.75) is 6.10 Å². The summed E-state index contributed by atoms with van der Waals surface area (Å²) in [5.41, 5.74) is 9.25. The third-order valence-electron chi connectivity index (χ3n) is 4.54. The number of nitrogens with one attached hydrogen (secondary N) is 1. The number of morpholine rings is 1. The highest BCUT2D eigenvalue weighted by molar-refractivity contribution is 6.30. The van der Waals surface area contributed by atoms with Gasteiger partial charge in [-0.15, -0.1) is 0 Å². The molecule has 138 valence electrons. The van der Waals surface area contributed by atoms with Crippen LogP contribution >= 0.6 is 11.6 Å². The molecule has 1 aromatic heterocycles. The molecule has 2 heterocycles. The van der Waals surface area contributed by atoms with Gasteiger partial charge in [0.2, 0.25) is 0 Å². The van der Waals surface area contributed by atoms with Gasteiger partial charge >= 0.3 is 0 Å². The van der Waals surface area contributed by atoms with Crippen molar-refractivity contribution in [3.05, 3.63) is 70.9 Å². The van der Waals surface area contributed by atoms with Crippen molar-refractivity contribution in [1.29, 1.82) is 0 Å². The van der Waals surface area contributed by atoms with Crippen LogP contribution in [0.2, 0.25) is 5.02 Å². The van der Waals surface area contributed by atoms with Crippen LogP contribution in [-0.2, 0) is 4.74 Å². The number of ether oxygens (including phenoxy) is 1. The lowest BCUT2D eigenvalue weighted by Gasteiger charge is -2.24. The summed E-state index contributed by atoms with van der Waals surface area (Å²) in [7, 11) is 0. The number of halogens is 1. The Labute approximate surface area is 161 Å². The van der Waals surface area contributed by atoms with Crippen molar-refractivity contribution < 1.29 is 9.53 Å². The van der Waals surface area contributed by atoms with E-state index in [1.54, 1.807) is 22.9 Å². The Balaban J connectivity index is 1.67. The van der Waals surface area contributed by atoms with Crippen LogP contribution in [0.5, 0.6) is 0 Å². The molecule has 7 heteroatoms. The van der Waals surface area contributed by atoms with E-state index in [0.29, 0.717) is 23.0 Å². The Morgan fingerprint density at radius 1 is 1.19 bits per heavy atom. The van der Waals surface area contributed by atoms with Gasteiger partial charge in [0, 0.05) is 23.7 Å². The van der Waals surface area contributed by atoms with Crippen LogP contribution in [0.1, 0.15) is 22.2 Å². The van der Waals surface area contributed by atoms with Crippen molar-refractivity contribution in [2.75, 3.05) is 19.7 Å². The van der Waals surface area contributed by atoms with Gasteiger partial charge in [0.25, 0.3) is 5.91 Å². The highest BCUT2D eigenvalue weighted by Crippen LogP contribution is 2.25. The summed E-state index contributed by atoms with van der Waals surface area (Å²) in [4.78, 5) is 11.9. The molecule has 0 radical (unpaired) electrons. The molecule has 1 aliphatic heterocycles. The Kier molecular flexibility index (Phi) is 4.94. The number of nitrogens with two attached hydrogens (primary N) is 1. The first kappa shape index (κ1) is 17.7. The average Bonchev–Trinajstić information content (AvgIpc) is 3.15. The first-order chi connectivity index (χ1) is 13.1. The normalized spacial score (nSPS) is 17.0. The number of carbonyl (C=O) groups excluding carboxylic acids is 1. The van der Waals surface area contributed by atoms with E-state index in [2.05, 4.69) is 10.4 Å². The lowest BCUT2D eigenvalue weighted by atomic mass is 10.1. The number of carbonyl (C=O) groups is 1. The minimum atomic E-state index is -0.536. The first-order valence-electron chi connectivity index (χ1n) is 8.70. The van der Waals surface area contributed by atoms with E-state index in [4.69, 9.17) is 22.1 Å². The molecule has 1 amide bonds. The van der Waals surface area contributed by atoms with Gasteiger partial charge in [0.1, 0.15) is 5.69 Å². The fourth-order valence-corrected chi connectivity index (χ4v) is 3.25. The Morgan fingerprint density at radius 3 is 2.56 bits per heavy atom. The molecule has 2 aromatic carbocycles. The molecule has 6 nitrogen and oxygen atoms in total. The molecule has 1 aliphatic rings. The molecule has 0 saturated carbocycles. The lowest BCUT2D eigenvalue weighted by Crippen LogP contribution is -2.33. The predicted molar refractivity (Wildman–Crippen MR) is 104 cm³/mol. The van der Waals surface area contributed by atoms with Crippen molar-refractivity contribution in [1.82, 2.24) is 15.1 Å². The molecule has 0 unspecified atom stereocenters. The SMILES string of the molecule is NC(=O)c1cc(-c2ccc(Cl)cc2)nn1-c1ccc([C@H]2CNCCO2)cc1. The van der Waals surface area contributed by atoms with Crippen molar-refractivity contribution >= 4 is 17.5 Å². The van der Waals surface area contributed by atoms with Gasteiger partial charge < -0.3 is 15.8 Å². The molecule has 0 aliphatic carbocycles. The largest absolute Gasteiger partial charge is 0.371 e. The maximum absolute atomic E-state index is 11.9. The summed E-state index contributed by atoms with van der Waals surface area (Å²) in [6, 6.07) is 16.8. The first-order valence-corrected chi connectivity index (χ1v) is 9.08.